The van der Waals surface area contributed by atoms with Gasteiger partial charge in [-0.2, -0.15) is 10.2 Å². The van der Waals surface area contributed by atoms with Crippen molar-refractivity contribution in [3.05, 3.63) is 41.8 Å². The minimum Gasteiger partial charge on any atom is -0.491 e. The fourth-order valence-corrected chi connectivity index (χ4v) is 3.86. The summed E-state index contributed by atoms with van der Waals surface area (Å²) in [5.41, 5.74) is 2.44. The third-order valence-electron chi connectivity index (χ3n) is 5.60. The highest BCUT2D eigenvalue weighted by Gasteiger charge is 2.19. The quantitative estimate of drug-likeness (QED) is 0.626. The van der Waals surface area contributed by atoms with Crippen LogP contribution < -0.4 is 4.74 Å². The van der Waals surface area contributed by atoms with E-state index in [9.17, 15) is 4.39 Å². The van der Waals surface area contributed by atoms with Crippen molar-refractivity contribution in [1.82, 2.24) is 10.2 Å². The summed E-state index contributed by atoms with van der Waals surface area (Å²) in [6.07, 6.45) is 8.98. The van der Waals surface area contributed by atoms with Crippen LogP contribution in [0.1, 0.15) is 58.1 Å². The van der Waals surface area contributed by atoms with Crippen LogP contribution in [-0.4, -0.2) is 16.8 Å². The van der Waals surface area contributed by atoms with Gasteiger partial charge in [-0.1, -0.05) is 39.0 Å². The minimum atomic E-state index is -0.363. The first-order chi connectivity index (χ1) is 12.7. The summed E-state index contributed by atoms with van der Waals surface area (Å²) in [7, 11) is 0. The molecule has 0 unspecified atom stereocenters. The van der Waals surface area contributed by atoms with Crippen LogP contribution in [0, 0.1) is 17.7 Å². The Morgan fingerprint density at radius 2 is 1.77 bits per heavy atom. The molecule has 3 nitrogen and oxygen atoms in total. The van der Waals surface area contributed by atoms with Crippen LogP contribution in [0.15, 0.2) is 30.3 Å². The van der Waals surface area contributed by atoms with Crippen molar-refractivity contribution < 1.29 is 9.13 Å². The van der Waals surface area contributed by atoms with E-state index < -0.39 is 0 Å². The molecule has 2 aromatic rings. The number of halogens is 1. The van der Waals surface area contributed by atoms with Crippen LogP contribution >= 0.6 is 0 Å². The maximum atomic E-state index is 14.0. The summed E-state index contributed by atoms with van der Waals surface area (Å²) in [5, 5.41) is 8.65. The Balaban J connectivity index is 1.56. The summed E-state index contributed by atoms with van der Waals surface area (Å²) in [6.45, 7) is 4.59. The number of nitrogens with zero attached hydrogens (tertiary/aromatic N) is 2. The van der Waals surface area contributed by atoms with E-state index in [1.54, 1.807) is 6.07 Å². The largest absolute Gasteiger partial charge is 0.491 e. The topological polar surface area (TPSA) is 35.0 Å². The van der Waals surface area contributed by atoms with E-state index in [1.165, 1.54) is 44.6 Å². The predicted molar refractivity (Wildman–Crippen MR) is 103 cm³/mol. The Kier molecular flexibility index (Phi) is 6.59. The second-order valence-electron chi connectivity index (χ2n) is 7.32. The first-order valence-electron chi connectivity index (χ1n) is 9.94. The molecule has 140 valence electrons. The minimum absolute atomic E-state index is 0.277. The predicted octanol–water partition coefficient (Wildman–Crippen LogP) is 5.83. The monoisotopic (exact) mass is 356 g/mol. The summed E-state index contributed by atoms with van der Waals surface area (Å²) in [6, 6.07) is 8.89. The van der Waals surface area contributed by atoms with Gasteiger partial charge in [-0.25, -0.2) is 4.39 Å². The fraction of sp³-hybridized carbons (Fsp3) is 0.545. The van der Waals surface area contributed by atoms with Crippen molar-refractivity contribution >= 4 is 0 Å². The molecular weight excluding hydrogens is 327 g/mol. The van der Waals surface area contributed by atoms with Gasteiger partial charge in [0.15, 0.2) is 11.6 Å². The molecular formula is C22H29FN2O. The van der Waals surface area contributed by atoms with Gasteiger partial charge in [0.2, 0.25) is 0 Å². The first kappa shape index (κ1) is 18.8. The third-order valence-corrected chi connectivity index (χ3v) is 5.60. The second-order valence-corrected chi connectivity index (χ2v) is 7.32. The summed E-state index contributed by atoms with van der Waals surface area (Å²) < 4.78 is 19.2. The van der Waals surface area contributed by atoms with Crippen molar-refractivity contribution in [2.24, 2.45) is 11.8 Å². The van der Waals surface area contributed by atoms with Crippen LogP contribution in [0.2, 0.25) is 0 Å². The maximum Gasteiger partial charge on any atom is 0.165 e. The fourth-order valence-electron chi connectivity index (χ4n) is 3.86. The van der Waals surface area contributed by atoms with Crippen LogP contribution in [0.5, 0.6) is 5.75 Å². The van der Waals surface area contributed by atoms with Gasteiger partial charge in [0.1, 0.15) is 0 Å². The van der Waals surface area contributed by atoms with Crippen LogP contribution in [0.4, 0.5) is 4.39 Å². The van der Waals surface area contributed by atoms with E-state index in [-0.39, 0.29) is 11.6 Å². The smallest absolute Gasteiger partial charge is 0.165 e. The lowest BCUT2D eigenvalue weighted by molar-refractivity contribution is 0.258. The van der Waals surface area contributed by atoms with Crippen molar-refractivity contribution in [3.63, 3.8) is 0 Å². The van der Waals surface area contributed by atoms with Gasteiger partial charge in [0, 0.05) is 5.56 Å². The zero-order valence-electron chi connectivity index (χ0n) is 15.9. The van der Waals surface area contributed by atoms with Gasteiger partial charge in [-0.15, -0.1) is 0 Å². The van der Waals surface area contributed by atoms with Gasteiger partial charge in [0.05, 0.1) is 18.0 Å². The van der Waals surface area contributed by atoms with E-state index in [1.807, 2.05) is 25.1 Å². The molecule has 4 heteroatoms. The Labute approximate surface area is 156 Å². The van der Waals surface area contributed by atoms with Crippen LogP contribution in [0.25, 0.3) is 11.3 Å². The van der Waals surface area contributed by atoms with Crippen LogP contribution in [0.3, 0.4) is 0 Å². The standard InChI is InChI=1S/C22H29FN2O/c1-3-16-5-7-17(8-6-16)9-11-19-12-13-21(25-24-19)18-10-14-22(26-4-2)20(23)15-18/h10,12-17H,3-9,11H2,1-2H3. The van der Waals surface area contributed by atoms with Gasteiger partial charge < -0.3 is 4.74 Å². The molecule has 1 saturated carbocycles. The Bertz CT molecular complexity index is 694. The van der Waals surface area contributed by atoms with E-state index in [0.717, 1.165) is 29.5 Å². The molecule has 0 spiro atoms. The highest BCUT2D eigenvalue weighted by atomic mass is 19.1. The number of ether oxygens (including phenoxy) is 1. The van der Waals surface area contributed by atoms with Gasteiger partial charge >= 0.3 is 0 Å². The molecule has 1 aromatic carbocycles. The van der Waals surface area contributed by atoms with Gasteiger partial charge in [-0.05, 0) is 61.9 Å². The van der Waals surface area contributed by atoms with Crippen molar-refractivity contribution in [2.45, 2.75) is 58.8 Å². The van der Waals surface area contributed by atoms with E-state index in [0.29, 0.717) is 12.3 Å². The number of hydrogen-bond acceptors (Lipinski definition) is 3. The molecule has 0 atom stereocenters. The highest BCUT2D eigenvalue weighted by Crippen LogP contribution is 2.33. The molecule has 0 saturated heterocycles. The third kappa shape index (κ3) is 4.80. The number of aryl methyl sites for hydroxylation is 1. The average molecular weight is 356 g/mol. The Morgan fingerprint density at radius 3 is 2.38 bits per heavy atom. The SMILES string of the molecule is CCOc1ccc(-c2ccc(CCC3CCC(CC)CC3)nn2)cc1F. The molecule has 1 aliphatic rings. The lowest BCUT2D eigenvalue weighted by Crippen LogP contribution is -2.14. The molecule has 1 fully saturated rings. The zero-order chi connectivity index (χ0) is 18.4. The van der Waals surface area contributed by atoms with Crippen molar-refractivity contribution in [1.29, 1.82) is 0 Å². The molecule has 1 aliphatic carbocycles. The second kappa shape index (κ2) is 9.11. The normalized spacial score (nSPS) is 20.1. The molecule has 0 N–H and O–H groups in total. The molecule has 26 heavy (non-hydrogen) atoms. The summed E-state index contributed by atoms with van der Waals surface area (Å²) >= 11 is 0. The molecule has 0 radical (unpaired) electrons. The Hall–Kier alpha value is -1.97. The number of rotatable bonds is 7. The number of hydrogen-bond donors (Lipinski definition) is 0. The van der Waals surface area contributed by atoms with E-state index >= 15 is 0 Å². The number of aromatic nitrogens is 2. The molecule has 0 bridgehead atoms. The lowest BCUT2D eigenvalue weighted by Gasteiger charge is -2.27. The van der Waals surface area contributed by atoms with Gasteiger partial charge in [-0.3, -0.25) is 0 Å². The van der Waals surface area contributed by atoms with Gasteiger partial charge in [0.25, 0.3) is 0 Å². The highest BCUT2D eigenvalue weighted by molar-refractivity contribution is 5.59. The molecule has 1 heterocycles. The average Bonchev–Trinajstić information content (AvgIpc) is 2.69. The van der Waals surface area contributed by atoms with E-state index in [4.69, 9.17) is 4.74 Å². The van der Waals surface area contributed by atoms with Crippen molar-refractivity contribution in [2.75, 3.05) is 6.61 Å². The number of benzene rings is 1. The molecule has 3 rings (SSSR count). The Morgan fingerprint density at radius 1 is 1.00 bits per heavy atom. The molecule has 0 aliphatic heterocycles. The van der Waals surface area contributed by atoms with Crippen LogP contribution in [-0.2, 0) is 6.42 Å². The first-order valence-corrected chi connectivity index (χ1v) is 9.94. The maximum absolute atomic E-state index is 14.0. The van der Waals surface area contributed by atoms with Crippen molar-refractivity contribution in [3.8, 4) is 17.0 Å². The molecule has 1 aromatic heterocycles. The lowest BCUT2D eigenvalue weighted by atomic mass is 9.79. The summed E-state index contributed by atoms with van der Waals surface area (Å²) in [5.74, 6) is 1.69. The van der Waals surface area contributed by atoms with E-state index in [2.05, 4.69) is 17.1 Å². The summed E-state index contributed by atoms with van der Waals surface area (Å²) in [4.78, 5) is 0. The molecule has 0 amide bonds. The zero-order valence-corrected chi connectivity index (χ0v) is 15.9.